The number of nitrogens with zero attached hydrogens (tertiary/aromatic N) is 4. The molecule has 9 heteroatoms. The highest BCUT2D eigenvalue weighted by Crippen LogP contribution is 2.32. The van der Waals surface area contributed by atoms with Crippen LogP contribution in [0.15, 0.2) is 28.7 Å². The fraction of sp³-hybridized carbons (Fsp3) is 0.294. The minimum absolute atomic E-state index is 0.0152. The van der Waals surface area contributed by atoms with Gasteiger partial charge in [0.05, 0.1) is 10.2 Å². The van der Waals surface area contributed by atoms with E-state index >= 15 is 0 Å². The average Bonchev–Trinajstić information content (AvgIpc) is 3.18. The maximum absolute atomic E-state index is 12.0. The fourth-order valence-corrected chi connectivity index (χ4v) is 3.77. The molecular formula is C17H17BrN4O2S2. The molecule has 1 aromatic carbocycles. The number of esters is 1. The Kier molecular flexibility index (Phi) is 6.10. The molecule has 0 aliphatic rings. The van der Waals surface area contributed by atoms with Crippen molar-refractivity contribution in [2.24, 2.45) is 0 Å². The van der Waals surface area contributed by atoms with Crippen LogP contribution in [0, 0.1) is 13.8 Å². The van der Waals surface area contributed by atoms with E-state index in [1.165, 1.54) is 23.3 Å². The predicted octanol–water partition coefficient (Wildman–Crippen LogP) is 4.31. The van der Waals surface area contributed by atoms with Gasteiger partial charge in [-0.1, -0.05) is 23.8 Å². The maximum Gasteiger partial charge on any atom is 0.328 e. The third-order valence-corrected chi connectivity index (χ3v) is 5.64. The van der Waals surface area contributed by atoms with E-state index in [1.54, 1.807) is 4.68 Å². The van der Waals surface area contributed by atoms with Gasteiger partial charge in [0.25, 0.3) is 0 Å². The standard InChI is InChI=1S/C17H17BrN4O2S2/c1-10-5-4-6-12(7-10)17-19-16(21-26-17)15-14(18)11(2)20-22(15)8-13(23)24-9-25-3/h4-7H,8-9H2,1-3H3. The van der Waals surface area contributed by atoms with Gasteiger partial charge in [0.2, 0.25) is 0 Å². The number of rotatable bonds is 6. The number of ether oxygens (including phenoxy) is 1. The van der Waals surface area contributed by atoms with Gasteiger partial charge in [0.1, 0.15) is 23.2 Å². The average molecular weight is 453 g/mol. The van der Waals surface area contributed by atoms with Crippen LogP contribution in [0.1, 0.15) is 11.3 Å². The van der Waals surface area contributed by atoms with Crippen molar-refractivity contribution in [1.29, 1.82) is 0 Å². The van der Waals surface area contributed by atoms with Gasteiger partial charge >= 0.3 is 5.97 Å². The van der Waals surface area contributed by atoms with Crippen LogP contribution in [0.25, 0.3) is 22.1 Å². The molecule has 2 aromatic heterocycles. The Morgan fingerprint density at radius 1 is 1.38 bits per heavy atom. The first-order valence-corrected chi connectivity index (χ1v) is 10.7. The number of halogens is 1. The van der Waals surface area contributed by atoms with Crippen LogP contribution < -0.4 is 0 Å². The highest BCUT2D eigenvalue weighted by Gasteiger charge is 2.21. The lowest BCUT2D eigenvalue weighted by atomic mass is 10.1. The van der Waals surface area contributed by atoms with E-state index in [4.69, 9.17) is 4.74 Å². The number of benzene rings is 1. The van der Waals surface area contributed by atoms with Crippen LogP contribution in [-0.4, -0.2) is 37.3 Å². The SMILES string of the molecule is CSCOC(=O)Cn1nc(C)c(Br)c1-c1nsc(-c2cccc(C)c2)n1. The first-order valence-electron chi connectivity index (χ1n) is 7.78. The minimum Gasteiger partial charge on any atom is -0.453 e. The molecule has 3 aromatic rings. The summed E-state index contributed by atoms with van der Waals surface area (Å²) in [6, 6.07) is 8.12. The molecule has 0 saturated carbocycles. The topological polar surface area (TPSA) is 69.9 Å². The van der Waals surface area contributed by atoms with E-state index in [9.17, 15) is 4.79 Å². The number of hydrogen-bond donors (Lipinski definition) is 0. The minimum atomic E-state index is -0.343. The summed E-state index contributed by atoms with van der Waals surface area (Å²) in [4.78, 5) is 16.6. The molecule has 6 nitrogen and oxygen atoms in total. The molecule has 0 atom stereocenters. The van der Waals surface area contributed by atoms with E-state index in [0.717, 1.165) is 26.3 Å². The summed E-state index contributed by atoms with van der Waals surface area (Å²) in [5.74, 6) is 0.517. The maximum atomic E-state index is 12.0. The summed E-state index contributed by atoms with van der Waals surface area (Å²) in [6.45, 7) is 3.92. The van der Waals surface area contributed by atoms with Crippen molar-refractivity contribution in [2.75, 3.05) is 12.2 Å². The first-order chi connectivity index (χ1) is 12.5. The third-order valence-electron chi connectivity index (χ3n) is 3.57. The summed E-state index contributed by atoms with van der Waals surface area (Å²) in [6.07, 6.45) is 1.87. The largest absolute Gasteiger partial charge is 0.453 e. The van der Waals surface area contributed by atoms with Crippen LogP contribution in [0.4, 0.5) is 0 Å². The molecule has 0 amide bonds. The fourth-order valence-electron chi connectivity index (χ4n) is 2.40. The van der Waals surface area contributed by atoms with E-state index in [-0.39, 0.29) is 12.5 Å². The van der Waals surface area contributed by atoms with Crippen LogP contribution in [-0.2, 0) is 16.1 Å². The lowest BCUT2D eigenvalue weighted by Gasteiger charge is -2.05. The lowest BCUT2D eigenvalue weighted by molar-refractivity contribution is -0.142. The number of aromatic nitrogens is 4. The Morgan fingerprint density at radius 2 is 2.19 bits per heavy atom. The van der Waals surface area contributed by atoms with Crippen molar-refractivity contribution in [2.45, 2.75) is 20.4 Å². The zero-order chi connectivity index (χ0) is 18.7. The highest BCUT2D eigenvalue weighted by atomic mass is 79.9. The molecule has 0 spiro atoms. The first kappa shape index (κ1) is 19.1. The van der Waals surface area contributed by atoms with Crippen LogP contribution in [0.5, 0.6) is 0 Å². The van der Waals surface area contributed by atoms with Gasteiger partial charge < -0.3 is 4.74 Å². The van der Waals surface area contributed by atoms with Crippen molar-refractivity contribution >= 4 is 45.2 Å². The van der Waals surface area contributed by atoms with Gasteiger partial charge in [-0.3, -0.25) is 4.79 Å². The van der Waals surface area contributed by atoms with E-state index < -0.39 is 0 Å². The van der Waals surface area contributed by atoms with Gasteiger partial charge in [-0.2, -0.15) is 9.47 Å². The van der Waals surface area contributed by atoms with E-state index in [0.29, 0.717) is 17.5 Å². The summed E-state index contributed by atoms with van der Waals surface area (Å²) in [5.41, 5.74) is 3.63. The number of carbonyl (C=O) groups excluding carboxylic acids is 1. The van der Waals surface area contributed by atoms with Crippen molar-refractivity contribution in [3.63, 3.8) is 0 Å². The molecule has 136 valence electrons. The molecule has 0 saturated heterocycles. The monoisotopic (exact) mass is 452 g/mol. The molecule has 0 aliphatic heterocycles. The molecule has 0 fully saturated rings. The van der Waals surface area contributed by atoms with Crippen molar-refractivity contribution in [1.82, 2.24) is 19.1 Å². The Hall–Kier alpha value is -1.71. The van der Waals surface area contributed by atoms with Crippen molar-refractivity contribution in [3.8, 4) is 22.1 Å². The Balaban J connectivity index is 1.93. The van der Waals surface area contributed by atoms with Gasteiger partial charge in [-0.15, -0.1) is 11.8 Å². The van der Waals surface area contributed by atoms with Gasteiger partial charge in [0.15, 0.2) is 5.82 Å². The van der Waals surface area contributed by atoms with Crippen molar-refractivity contribution < 1.29 is 9.53 Å². The second kappa shape index (κ2) is 8.32. The smallest absolute Gasteiger partial charge is 0.328 e. The molecule has 0 radical (unpaired) electrons. The summed E-state index contributed by atoms with van der Waals surface area (Å²) < 4.78 is 12.0. The molecule has 0 N–H and O–H groups in total. The molecule has 0 unspecified atom stereocenters. The summed E-state index contributed by atoms with van der Waals surface area (Å²) in [5, 5.41) is 5.24. The number of aryl methyl sites for hydroxylation is 2. The Labute approximate surface area is 168 Å². The Morgan fingerprint density at radius 3 is 2.92 bits per heavy atom. The number of hydrogen-bond acceptors (Lipinski definition) is 7. The van der Waals surface area contributed by atoms with Gasteiger partial charge in [-0.05, 0) is 53.6 Å². The van der Waals surface area contributed by atoms with Crippen LogP contribution in [0.3, 0.4) is 0 Å². The zero-order valence-electron chi connectivity index (χ0n) is 14.5. The van der Waals surface area contributed by atoms with Gasteiger partial charge in [-0.25, -0.2) is 9.67 Å². The second-order valence-corrected chi connectivity index (χ2v) is 7.98. The van der Waals surface area contributed by atoms with Crippen molar-refractivity contribution in [3.05, 3.63) is 40.0 Å². The summed E-state index contributed by atoms with van der Waals surface area (Å²) >= 11 is 6.31. The number of thioether (sulfide) groups is 1. The lowest BCUT2D eigenvalue weighted by Crippen LogP contribution is -2.15. The zero-order valence-corrected chi connectivity index (χ0v) is 17.7. The third kappa shape index (κ3) is 4.16. The molecule has 3 rings (SSSR count). The van der Waals surface area contributed by atoms with Crippen LogP contribution in [0.2, 0.25) is 0 Å². The summed E-state index contributed by atoms with van der Waals surface area (Å²) in [7, 11) is 0. The van der Waals surface area contributed by atoms with Gasteiger partial charge in [0, 0.05) is 5.56 Å². The molecule has 0 aliphatic carbocycles. The predicted molar refractivity (Wildman–Crippen MR) is 108 cm³/mol. The molecular weight excluding hydrogens is 436 g/mol. The molecule has 0 bridgehead atoms. The molecule has 26 heavy (non-hydrogen) atoms. The normalized spacial score (nSPS) is 10.9. The second-order valence-electron chi connectivity index (χ2n) is 5.62. The Bertz CT molecular complexity index is 939. The quantitative estimate of drug-likeness (QED) is 0.409. The van der Waals surface area contributed by atoms with E-state index in [2.05, 4.69) is 36.5 Å². The number of carbonyl (C=O) groups is 1. The highest BCUT2D eigenvalue weighted by molar-refractivity contribution is 9.10. The van der Waals surface area contributed by atoms with E-state index in [1.807, 2.05) is 38.3 Å². The van der Waals surface area contributed by atoms with Crippen LogP contribution >= 0.6 is 39.2 Å². The molecule has 2 heterocycles.